The van der Waals surface area contributed by atoms with E-state index in [1.165, 1.54) is 0 Å². The summed E-state index contributed by atoms with van der Waals surface area (Å²) in [7, 11) is 0. The number of rotatable bonds is 6. The van der Waals surface area contributed by atoms with Gasteiger partial charge in [-0.3, -0.25) is 9.88 Å². The van der Waals surface area contributed by atoms with E-state index in [1.807, 2.05) is 36.9 Å². The highest BCUT2D eigenvalue weighted by Gasteiger charge is 2.56. The van der Waals surface area contributed by atoms with Crippen molar-refractivity contribution in [1.82, 2.24) is 9.88 Å². The third-order valence-electron chi connectivity index (χ3n) is 6.35. The van der Waals surface area contributed by atoms with Crippen LogP contribution in [0, 0.1) is 16.7 Å². The van der Waals surface area contributed by atoms with Gasteiger partial charge in [-0.15, -0.1) is 0 Å². The Morgan fingerprint density at radius 1 is 1.20 bits per heavy atom. The highest BCUT2D eigenvalue weighted by atomic mass is 19.4. The standard InChI is InChI=1S/C23H26F3N3O/c1-21(2,19-5-3-4-13-28-19)29-14-12-22(16-29,20(30)23(24,25)26)11-10-17-6-8-18(15-27)9-7-17/h3-9,13,20,30H,10-12,14,16H2,1-2H3/t20-,22+/m1/s1. The lowest BCUT2D eigenvalue weighted by molar-refractivity contribution is -0.239. The summed E-state index contributed by atoms with van der Waals surface area (Å²) in [5, 5.41) is 19.3. The lowest BCUT2D eigenvalue weighted by atomic mass is 9.75. The zero-order valence-electron chi connectivity index (χ0n) is 17.2. The SMILES string of the molecule is CC(C)(c1ccccn1)N1CC[C@](CCc2ccc(C#N)cc2)([C@@H](O)C(F)(F)F)C1. The van der Waals surface area contributed by atoms with Crippen LogP contribution in [-0.4, -0.2) is 40.4 Å². The molecule has 0 amide bonds. The van der Waals surface area contributed by atoms with E-state index < -0.39 is 23.2 Å². The zero-order chi connectivity index (χ0) is 22.0. The maximum Gasteiger partial charge on any atom is 0.414 e. The fraction of sp³-hybridized carbons (Fsp3) is 0.478. The van der Waals surface area contributed by atoms with Gasteiger partial charge in [0.1, 0.15) is 0 Å². The first-order valence-corrected chi connectivity index (χ1v) is 9.99. The number of likely N-dealkylation sites (tertiary alicyclic amines) is 1. The van der Waals surface area contributed by atoms with Crippen LogP contribution in [0.4, 0.5) is 13.2 Å². The minimum Gasteiger partial charge on any atom is -0.383 e. The number of nitrogens with zero attached hydrogens (tertiary/aromatic N) is 3. The summed E-state index contributed by atoms with van der Waals surface area (Å²) < 4.78 is 40.8. The average Bonchev–Trinajstić information content (AvgIpc) is 3.18. The number of aromatic nitrogens is 1. The van der Waals surface area contributed by atoms with E-state index in [9.17, 15) is 18.3 Å². The second-order valence-corrected chi connectivity index (χ2v) is 8.56. The van der Waals surface area contributed by atoms with Crippen molar-refractivity contribution in [3.05, 3.63) is 65.5 Å². The minimum absolute atomic E-state index is 0.132. The molecule has 7 heteroatoms. The van der Waals surface area contributed by atoms with Gasteiger partial charge >= 0.3 is 6.18 Å². The first kappa shape index (κ1) is 22.3. The molecule has 0 bridgehead atoms. The molecule has 0 saturated carbocycles. The van der Waals surface area contributed by atoms with Crippen LogP contribution in [0.5, 0.6) is 0 Å². The first-order valence-electron chi connectivity index (χ1n) is 9.99. The van der Waals surface area contributed by atoms with Gasteiger partial charge in [-0.25, -0.2) is 0 Å². The monoisotopic (exact) mass is 417 g/mol. The predicted molar refractivity (Wildman–Crippen MR) is 107 cm³/mol. The lowest BCUT2D eigenvalue weighted by Gasteiger charge is -2.39. The maximum atomic E-state index is 13.6. The molecule has 1 aromatic carbocycles. The van der Waals surface area contributed by atoms with Crippen molar-refractivity contribution >= 4 is 0 Å². The number of aryl methyl sites for hydroxylation is 1. The Balaban J connectivity index is 1.83. The number of hydrogen-bond donors (Lipinski definition) is 1. The van der Waals surface area contributed by atoms with Gasteiger partial charge in [0.05, 0.1) is 22.9 Å². The second-order valence-electron chi connectivity index (χ2n) is 8.56. The molecule has 160 valence electrons. The normalized spacial score (nSPS) is 21.4. The smallest absolute Gasteiger partial charge is 0.383 e. The fourth-order valence-electron chi connectivity index (χ4n) is 4.31. The van der Waals surface area contributed by atoms with E-state index in [-0.39, 0.29) is 19.4 Å². The third kappa shape index (κ3) is 4.50. The maximum absolute atomic E-state index is 13.6. The molecule has 0 unspecified atom stereocenters. The van der Waals surface area contributed by atoms with Crippen LogP contribution >= 0.6 is 0 Å². The van der Waals surface area contributed by atoms with E-state index in [4.69, 9.17) is 5.26 Å². The molecular formula is C23H26F3N3O. The summed E-state index contributed by atoms with van der Waals surface area (Å²) in [6.07, 6.45) is -4.55. The van der Waals surface area contributed by atoms with E-state index in [0.717, 1.165) is 11.3 Å². The van der Waals surface area contributed by atoms with E-state index in [1.54, 1.807) is 36.5 Å². The van der Waals surface area contributed by atoms with Crippen LogP contribution in [0.2, 0.25) is 0 Å². The predicted octanol–water partition coefficient (Wildman–Crippen LogP) is 4.44. The summed E-state index contributed by atoms with van der Waals surface area (Å²) in [5.74, 6) is 0. The van der Waals surface area contributed by atoms with Gasteiger partial charge in [0.25, 0.3) is 0 Å². The molecule has 2 atom stereocenters. The Morgan fingerprint density at radius 2 is 1.90 bits per heavy atom. The molecule has 30 heavy (non-hydrogen) atoms. The molecule has 1 fully saturated rings. The topological polar surface area (TPSA) is 60.2 Å². The number of alkyl halides is 3. The number of aliphatic hydroxyl groups excluding tert-OH is 1. The van der Waals surface area contributed by atoms with Crippen LogP contribution in [0.25, 0.3) is 0 Å². The molecule has 2 heterocycles. The van der Waals surface area contributed by atoms with Gasteiger partial charge in [0, 0.05) is 18.2 Å². The van der Waals surface area contributed by atoms with Crippen LogP contribution in [0.1, 0.15) is 43.5 Å². The molecule has 1 saturated heterocycles. The van der Waals surface area contributed by atoms with Crippen molar-refractivity contribution in [2.45, 2.75) is 50.9 Å². The molecule has 1 aliphatic heterocycles. The summed E-state index contributed by atoms with van der Waals surface area (Å²) in [6, 6.07) is 14.4. The van der Waals surface area contributed by atoms with Crippen molar-refractivity contribution in [3.63, 3.8) is 0 Å². The average molecular weight is 417 g/mol. The number of nitriles is 1. The van der Waals surface area contributed by atoms with Gasteiger partial charge in [-0.2, -0.15) is 18.4 Å². The molecule has 0 aliphatic carbocycles. The summed E-state index contributed by atoms with van der Waals surface area (Å²) in [5.41, 5.74) is 0.300. The molecule has 1 N–H and O–H groups in total. The molecule has 1 aliphatic rings. The van der Waals surface area contributed by atoms with Crippen molar-refractivity contribution in [1.29, 1.82) is 5.26 Å². The molecule has 4 nitrogen and oxygen atoms in total. The molecular weight excluding hydrogens is 391 g/mol. The quantitative estimate of drug-likeness (QED) is 0.755. The van der Waals surface area contributed by atoms with Crippen molar-refractivity contribution in [3.8, 4) is 6.07 Å². The Hall–Kier alpha value is -2.43. The van der Waals surface area contributed by atoms with Gasteiger partial charge < -0.3 is 5.11 Å². The Bertz CT molecular complexity index is 891. The van der Waals surface area contributed by atoms with E-state index >= 15 is 0 Å². The van der Waals surface area contributed by atoms with Crippen LogP contribution in [-0.2, 0) is 12.0 Å². The molecule has 1 aromatic heterocycles. The molecule has 3 rings (SSSR count). The van der Waals surface area contributed by atoms with Crippen molar-refractivity contribution < 1.29 is 18.3 Å². The molecule has 0 radical (unpaired) electrons. The van der Waals surface area contributed by atoms with Crippen LogP contribution in [0.3, 0.4) is 0 Å². The first-order chi connectivity index (χ1) is 14.1. The van der Waals surface area contributed by atoms with E-state index in [2.05, 4.69) is 4.98 Å². The van der Waals surface area contributed by atoms with Crippen LogP contribution in [0.15, 0.2) is 48.7 Å². The Morgan fingerprint density at radius 3 is 2.47 bits per heavy atom. The van der Waals surface area contributed by atoms with Gasteiger partial charge in [0.2, 0.25) is 0 Å². The summed E-state index contributed by atoms with van der Waals surface area (Å²) in [6.45, 7) is 4.48. The molecule has 2 aromatic rings. The highest BCUT2D eigenvalue weighted by Crippen LogP contribution is 2.47. The van der Waals surface area contributed by atoms with Crippen molar-refractivity contribution in [2.75, 3.05) is 13.1 Å². The number of hydrogen-bond acceptors (Lipinski definition) is 4. The highest BCUT2D eigenvalue weighted by molar-refractivity contribution is 5.31. The largest absolute Gasteiger partial charge is 0.414 e. The summed E-state index contributed by atoms with van der Waals surface area (Å²) in [4.78, 5) is 6.38. The number of benzene rings is 1. The van der Waals surface area contributed by atoms with Crippen molar-refractivity contribution in [2.24, 2.45) is 5.41 Å². The second kappa shape index (κ2) is 8.37. The number of pyridine rings is 1. The van der Waals surface area contributed by atoms with Crippen LogP contribution < -0.4 is 0 Å². The fourth-order valence-corrected chi connectivity index (χ4v) is 4.31. The Labute approximate surface area is 175 Å². The van der Waals surface area contributed by atoms with E-state index in [0.29, 0.717) is 18.5 Å². The summed E-state index contributed by atoms with van der Waals surface area (Å²) >= 11 is 0. The lowest BCUT2D eigenvalue weighted by Crippen LogP contribution is -2.49. The number of aliphatic hydroxyl groups is 1. The zero-order valence-corrected chi connectivity index (χ0v) is 17.2. The van der Waals surface area contributed by atoms with Gasteiger partial charge in [-0.1, -0.05) is 18.2 Å². The third-order valence-corrected chi connectivity index (χ3v) is 6.35. The number of halogens is 3. The molecule has 0 spiro atoms. The minimum atomic E-state index is -4.68. The van der Waals surface area contributed by atoms with Gasteiger partial charge in [0.15, 0.2) is 6.10 Å². The Kier molecular flexibility index (Phi) is 6.21. The van der Waals surface area contributed by atoms with Gasteiger partial charge in [-0.05, 0) is 69.5 Å².